The maximum atomic E-state index is 12.5. The van der Waals surface area contributed by atoms with E-state index in [4.69, 9.17) is 22.7 Å². The molecule has 0 atom stereocenters. The van der Waals surface area contributed by atoms with Gasteiger partial charge in [-0.25, -0.2) is 0 Å². The molecule has 124 valence electrons. The van der Waals surface area contributed by atoms with Crippen LogP contribution in [0.2, 0.25) is 0 Å². The van der Waals surface area contributed by atoms with Crippen LogP contribution in [-0.4, -0.2) is 40.9 Å². The summed E-state index contributed by atoms with van der Waals surface area (Å²) in [7, 11) is 0. The van der Waals surface area contributed by atoms with E-state index in [2.05, 4.69) is 11.9 Å². The summed E-state index contributed by atoms with van der Waals surface area (Å²) in [4.78, 5) is 36.6. The third-order valence-electron chi connectivity index (χ3n) is 3.09. The lowest BCUT2D eigenvalue weighted by Gasteiger charge is -2.27. The molecule has 1 saturated heterocycles. The van der Waals surface area contributed by atoms with Crippen LogP contribution in [0, 0.1) is 0 Å². The molecule has 2 rings (SSSR count). The highest BCUT2D eigenvalue weighted by atomic mass is 32.1. The molecule has 24 heavy (non-hydrogen) atoms. The van der Waals surface area contributed by atoms with Crippen LogP contribution in [0.1, 0.15) is 5.56 Å². The summed E-state index contributed by atoms with van der Waals surface area (Å²) in [5.74, 6) is -1.44. The zero-order valence-electron chi connectivity index (χ0n) is 12.7. The molecule has 3 N–H and O–H groups in total. The number of hydrogen-bond donors (Lipinski definition) is 2. The molecule has 0 saturated carbocycles. The van der Waals surface area contributed by atoms with Gasteiger partial charge in [-0.1, -0.05) is 24.3 Å². The maximum absolute atomic E-state index is 12.5. The number of primary amides is 1. The summed E-state index contributed by atoms with van der Waals surface area (Å²) in [6.07, 6.45) is 2.88. The third-order valence-corrected chi connectivity index (χ3v) is 3.41. The van der Waals surface area contributed by atoms with E-state index in [9.17, 15) is 14.4 Å². The molecule has 0 aromatic heterocycles. The Kier molecular flexibility index (Phi) is 5.43. The topological polar surface area (TPSA) is 102 Å². The maximum Gasteiger partial charge on any atom is 0.265 e. The van der Waals surface area contributed by atoms with Crippen molar-refractivity contribution in [2.24, 2.45) is 5.73 Å². The van der Waals surface area contributed by atoms with Crippen molar-refractivity contribution in [2.45, 2.75) is 0 Å². The minimum absolute atomic E-state index is 0.0281. The van der Waals surface area contributed by atoms with Crippen LogP contribution >= 0.6 is 12.2 Å². The molecule has 1 aromatic rings. The molecule has 1 aliphatic rings. The first-order valence-corrected chi connectivity index (χ1v) is 7.34. The molecule has 1 aromatic carbocycles. The van der Waals surface area contributed by atoms with E-state index in [1.165, 1.54) is 17.1 Å². The first kappa shape index (κ1) is 17.4. The van der Waals surface area contributed by atoms with Gasteiger partial charge in [0.2, 0.25) is 0 Å². The van der Waals surface area contributed by atoms with Gasteiger partial charge in [0.05, 0.1) is 0 Å². The zero-order chi connectivity index (χ0) is 17.7. The van der Waals surface area contributed by atoms with Crippen molar-refractivity contribution in [1.29, 1.82) is 0 Å². The Morgan fingerprint density at radius 2 is 2.08 bits per heavy atom. The van der Waals surface area contributed by atoms with Crippen molar-refractivity contribution in [2.75, 3.05) is 13.2 Å². The number of ether oxygens (including phenoxy) is 1. The van der Waals surface area contributed by atoms with Gasteiger partial charge in [0.1, 0.15) is 11.3 Å². The average Bonchev–Trinajstić information content (AvgIpc) is 2.54. The average molecular weight is 345 g/mol. The van der Waals surface area contributed by atoms with E-state index in [1.807, 2.05) is 0 Å². The van der Waals surface area contributed by atoms with Gasteiger partial charge in [-0.15, -0.1) is 6.58 Å². The number of nitrogens with zero attached hydrogens (tertiary/aromatic N) is 1. The highest BCUT2D eigenvalue weighted by molar-refractivity contribution is 7.80. The molecule has 1 heterocycles. The lowest BCUT2D eigenvalue weighted by Crippen LogP contribution is -2.53. The second-order valence-corrected chi connectivity index (χ2v) is 5.20. The molecule has 0 spiro atoms. The van der Waals surface area contributed by atoms with Crippen LogP contribution in [0.15, 0.2) is 42.5 Å². The van der Waals surface area contributed by atoms with Gasteiger partial charge in [0.15, 0.2) is 11.7 Å². The van der Waals surface area contributed by atoms with Crippen molar-refractivity contribution < 1.29 is 19.1 Å². The van der Waals surface area contributed by atoms with E-state index in [0.717, 1.165) is 0 Å². The van der Waals surface area contributed by atoms with E-state index < -0.39 is 17.7 Å². The predicted molar refractivity (Wildman–Crippen MR) is 91.8 cm³/mol. The van der Waals surface area contributed by atoms with Gasteiger partial charge in [-0.05, 0) is 24.4 Å². The molecule has 0 unspecified atom stereocenters. The Morgan fingerprint density at radius 1 is 1.38 bits per heavy atom. The van der Waals surface area contributed by atoms with Gasteiger partial charge in [-0.2, -0.15) is 0 Å². The standard InChI is InChI=1S/C16H15N3O4S/c1-2-7-19-15(22)11(14(21)18-16(19)24)8-10-5-3-4-6-12(10)23-9-13(17)20/h2-6,8H,1,7,9H2,(H2,17,20)(H,18,21,24). The van der Waals surface area contributed by atoms with E-state index in [-0.39, 0.29) is 23.8 Å². The minimum Gasteiger partial charge on any atom is -0.483 e. The molecular weight excluding hydrogens is 330 g/mol. The number of amides is 3. The number of nitrogens with one attached hydrogen (secondary N) is 1. The van der Waals surface area contributed by atoms with Crippen molar-refractivity contribution in [3.8, 4) is 5.75 Å². The summed E-state index contributed by atoms with van der Waals surface area (Å²) in [6.45, 7) is 3.42. The number of carbonyl (C=O) groups is 3. The quantitative estimate of drug-likeness (QED) is 0.336. The second kappa shape index (κ2) is 7.51. The summed E-state index contributed by atoms with van der Waals surface area (Å²) in [5, 5.41) is 2.48. The smallest absolute Gasteiger partial charge is 0.265 e. The number of benzene rings is 1. The molecule has 8 heteroatoms. The fraction of sp³-hybridized carbons (Fsp3) is 0.125. The molecule has 1 aliphatic heterocycles. The van der Waals surface area contributed by atoms with Crippen LogP contribution in [0.25, 0.3) is 6.08 Å². The van der Waals surface area contributed by atoms with Gasteiger partial charge < -0.3 is 10.5 Å². The van der Waals surface area contributed by atoms with Crippen LogP contribution in [-0.2, 0) is 14.4 Å². The molecule has 0 aliphatic carbocycles. The van der Waals surface area contributed by atoms with Gasteiger partial charge in [-0.3, -0.25) is 24.6 Å². The van der Waals surface area contributed by atoms with E-state index >= 15 is 0 Å². The fourth-order valence-corrected chi connectivity index (χ4v) is 2.27. The molecule has 1 fully saturated rings. The van der Waals surface area contributed by atoms with Crippen LogP contribution in [0.5, 0.6) is 5.75 Å². The minimum atomic E-state index is -0.633. The van der Waals surface area contributed by atoms with Gasteiger partial charge in [0.25, 0.3) is 17.7 Å². The van der Waals surface area contributed by atoms with Gasteiger partial charge in [0, 0.05) is 12.1 Å². The SMILES string of the molecule is C=CCN1C(=O)C(=Cc2ccccc2OCC(N)=O)C(=O)NC1=S. The van der Waals surface area contributed by atoms with Crippen molar-refractivity contribution in [3.05, 3.63) is 48.1 Å². The molecular formula is C16H15N3O4S. The number of hydrogen-bond acceptors (Lipinski definition) is 5. The predicted octanol–water partition coefficient (Wildman–Crippen LogP) is 0.363. The zero-order valence-corrected chi connectivity index (χ0v) is 13.5. The van der Waals surface area contributed by atoms with Crippen LogP contribution in [0.4, 0.5) is 0 Å². The van der Waals surface area contributed by atoms with E-state index in [1.54, 1.807) is 24.3 Å². The van der Waals surface area contributed by atoms with Crippen molar-refractivity contribution in [3.63, 3.8) is 0 Å². The Morgan fingerprint density at radius 3 is 2.75 bits per heavy atom. The number of rotatable bonds is 6. The van der Waals surface area contributed by atoms with Crippen LogP contribution in [0.3, 0.4) is 0 Å². The number of para-hydroxylation sites is 1. The van der Waals surface area contributed by atoms with Crippen molar-refractivity contribution >= 4 is 41.1 Å². The molecule has 3 amide bonds. The normalized spacial score (nSPS) is 16.1. The van der Waals surface area contributed by atoms with Crippen LogP contribution < -0.4 is 15.8 Å². The first-order chi connectivity index (χ1) is 11.4. The van der Waals surface area contributed by atoms with Gasteiger partial charge >= 0.3 is 0 Å². The lowest BCUT2D eigenvalue weighted by atomic mass is 10.1. The Labute approximate surface area is 143 Å². The van der Waals surface area contributed by atoms with E-state index in [0.29, 0.717) is 11.3 Å². The second-order valence-electron chi connectivity index (χ2n) is 4.81. The Hall–Kier alpha value is -3.00. The third kappa shape index (κ3) is 3.85. The summed E-state index contributed by atoms with van der Waals surface area (Å²) >= 11 is 4.98. The monoisotopic (exact) mass is 345 g/mol. The summed E-state index contributed by atoms with van der Waals surface area (Å²) < 4.78 is 5.29. The fourth-order valence-electron chi connectivity index (χ4n) is 2.02. The number of carbonyl (C=O) groups excluding carboxylic acids is 3. The highest BCUT2D eigenvalue weighted by Crippen LogP contribution is 2.23. The Balaban J connectivity index is 2.37. The lowest BCUT2D eigenvalue weighted by molar-refractivity contribution is -0.128. The Bertz CT molecular complexity index is 757. The number of nitrogens with two attached hydrogens (primary N) is 1. The molecule has 0 bridgehead atoms. The van der Waals surface area contributed by atoms with Crippen molar-refractivity contribution in [1.82, 2.24) is 10.2 Å². The first-order valence-electron chi connectivity index (χ1n) is 6.94. The molecule has 7 nitrogen and oxygen atoms in total. The molecule has 0 radical (unpaired) electrons. The summed E-state index contributed by atoms with van der Waals surface area (Å²) in [5.41, 5.74) is 5.42. The number of thiocarbonyl (C=S) groups is 1. The largest absolute Gasteiger partial charge is 0.483 e. The highest BCUT2D eigenvalue weighted by Gasteiger charge is 2.32. The summed E-state index contributed by atoms with van der Waals surface area (Å²) in [6, 6.07) is 6.66.